The van der Waals surface area contributed by atoms with Gasteiger partial charge in [0.05, 0.1) is 25.9 Å². The molecule has 2 saturated heterocycles. The van der Waals surface area contributed by atoms with Gasteiger partial charge in [-0.25, -0.2) is 33.1 Å². The van der Waals surface area contributed by atoms with Gasteiger partial charge in [0.25, 0.3) is 5.56 Å². The van der Waals surface area contributed by atoms with E-state index in [9.17, 15) is 19.9 Å². The highest BCUT2D eigenvalue weighted by Gasteiger charge is 2.62. The summed E-state index contributed by atoms with van der Waals surface area (Å²) in [5.74, 6) is -4.29. The first kappa shape index (κ1) is 34.4. The topological polar surface area (TPSA) is 274 Å². The van der Waals surface area contributed by atoms with Gasteiger partial charge >= 0.3 is 12.6 Å². The average molecular weight is 731 g/mol. The number of H-pyrrole nitrogens is 1. The average Bonchev–Trinajstić information content (AvgIpc) is 3.73. The number of aromatic amines is 1. The number of nitrogens with zero attached hydrogens (tertiary/aromatic N) is 7. The number of halogens is 3. The van der Waals surface area contributed by atoms with Crippen LogP contribution >= 0.6 is 26.6 Å². The van der Waals surface area contributed by atoms with Gasteiger partial charge in [0, 0.05) is 0 Å². The van der Waals surface area contributed by atoms with E-state index < -0.39 is 74.5 Å². The molecule has 6 rings (SSSR count). The minimum atomic E-state index is -4.63. The van der Waals surface area contributed by atoms with Crippen molar-refractivity contribution in [2.75, 3.05) is 24.7 Å². The third-order valence-electron chi connectivity index (χ3n) is 6.87. The number of alkyl halides is 3. The van der Waals surface area contributed by atoms with Crippen LogP contribution in [0.15, 0.2) is 23.8 Å². The van der Waals surface area contributed by atoms with Crippen LogP contribution in [0, 0.1) is 0 Å². The van der Waals surface area contributed by atoms with Crippen LogP contribution in [-0.2, 0) is 34.9 Å². The number of nitrogens with one attached hydrogen (secondary N) is 1. The summed E-state index contributed by atoms with van der Waals surface area (Å²) in [6.45, 7) is -6.58. The van der Waals surface area contributed by atoms with Gasteiger partial charge in [0.1, 0.15) is 30.2 Å². The second-order valence-electron chi connectivity index (χ2n) is 9.60. The van der Waals surface area contributed by atoms with Crippen LogP contribution < -0.4 is 17.0 Å². The van der Waals surface area contributed by atoms with Gasteiger partial charge in [-0.15, -0.1) is 0 Å². The molecule has 8 N–H and O–H groups in total. The van der Waals surface area contributed by atoms with E-state index in [1.54, 1.807) is 0 Å². The Morgan fingerprint density at radius 1 is 1.15 bits per heavy atom. The molecule has 4 aromatic rings. The highest BCUT2D eigenvalue weighted by Crippen LogP contribution is 2.54. The standard InChI is InChI=1S/C20H22F3N10O8PS.HOPS/c21-8-11(35)6(39-17(8)32-4-28-9-13(24)26-3-27-14(9)32)2-38-42(37,43)41-12-18(40-7(1-34)20(12,22)23)33-5-29-10-15(33)30-19(25)31-16(10)36;1-2-3/h3-8,11-12,17-18,34-35H,1-2H2,(H,37,43)(H2,24,26,27)(H3,25,30,31,36);(H,1,3)/t6-,7-,8+,11-,12+,17-,18-,42?;/m1./s1. The van der Waals surface area contributed by atoms with E-state index in [1.807, 2.05) is 0 Å². The van der Waals surface area contributed by atoms with E-state index in [-0.39, 0.29) is 41.8 Å². The smallest absolute Gasteiger partial charge is 0.325 e. The molecule has 6 heterocycles. The summed E-state index contributed by atoms with van der Waals surface area (Å²) in [7, 11) is -0.139. The summed E-state index contributed by atoms with van der Waals surface area (Å²) < 4.78 is 77.8. The number of fused-ring (bicyclic) bond motifs is 2. The molecule has 2 aliphatic rings. The Kier molecular flexibility index (Phi) is 9.97. The summed E-state index contributed by atoms with van der Waals surface area (Å²) in [5.41, 5.74) is 10.3. The van der Waals surface area contributed by atoms with Gasteiger partial charge in [-0.1, -0.05) is 12.2 Å². The van der Waals surface area contributed by atoms with E-state index >= 15 is 13.2 Å². The minimum absolute atomic E-state index is 0.0277. The molecule has 0 spiro atoms. The van der Waals surface area contributed by atoms with E-state index in [4.69, 9.17) is 46.4 Å². The lowest BCUT2D eigenvalue weighted by atomic mass is 10.1. The molecule has 0 amide bonds. The molecule has 19 nitrogen and oxygen atoms in total. The second kappa shape index (κ2) is 13.3. The number of nitrogens with two attached hydrogens (primary N) is 2. The third kappa shape index (κ3) is 6.34. The molecule has 0 bridgehead atoms. The predicted molar refractivity (Wildman–Crippen MR) is 157 cm³/mol. The van der Waals surface area contributed by atoms with Crippen molar-refractivity contribution in [2.24, 2.45) is 0 Å². The lowest BCUT2D eigenvalue weighted by Crippen LogP contribution is -2.42. The molecular formula is C20H23F3N10O9P2S2. The van der Waals surface area contributed by atoms with Crippen LogP contribution in [0.25, 0.3) is 22.3 Å². The maximum atomic E-state index is 15.3. The Morgan fingerprint density at radius 3 is 2.48 bits per heavy atom. The number of hydrogen-bond acceptors (Lipinski definition) is 16. The van der Waals surface area contributed by atoms with Crippen molar-refractivity contribution in [1.29, 1.82) is 0 Å². The number of rotatable bonds is 8. The van der Waals surface area contributed by atoms with Crippen molar-refractivity contribution in [1.82, 2.24) is 39.0 Å². The van der Waals surface area contributed by atoms with Gasteiger partial charge in [-0.3, -0.25) is 28.0 Å². The Balaban J connectivity index is 0.00000134. The predicted octanol–water partition coefficient (Wildman–Crippen LogP) is -0.0132. The lowest BCUT2D eigenvalue weighted by Gasteiger charge is -2.28. The lowest BCUT2D eigenvalue weighted by molar-refractivity contribution is -0.120. The van der Waals surface area contributed by atoms with Crippen LogP contribution in [-0.4, -0.2) is 104 Å². The first-order chi connectivity index (χ1) is 21.7. The first-order valence-corrected chi connectivity index (χ1v) is 17.2. The van der Waals surface area contributed by atoms with E-state index in [0.717, 1.165) is 17.2 Å². The fraction of sp³-hybridized carbons (Fsp3) is 0.500. The van der Waals surface area contributed by atoms with Crippen LogP contribution in [0.4, 0.5) is 24.9 Å². The molecule has 1 unspecified atom stereocenters. The molecule has 0 aromatic carbocycles. The maximum absolute atomic E-state index is 15.3. The highest BCUT2D eigenvalue weighted by atomic mass is 32.7. The highest BCUT2D eigenvalue weighted by molar-refractivity contribution is 8.33. The van der Waals surface area contributed by atoms with E-state index in [2.05, 4.69) is 42.2 Å². The molecule has 4 aromatic heterocycles. The number of nitrogen functional groups attached to an aromatic ring is 2. The molecule has 250 valence electrons. The van der Waals surface area contributed by atoms with Crippen LogP contribution in [0.5, 0.6) is 0 Å². The molecule has 0 saturated carbocycles. The number of aliphatic hydroxyl groups is 2. The van der Waals surface area contributed by atoms with Gasteiger partial charge in [-0.2, -0.15) is 4.98 Å². The Morgan fingerprint density at radius 2 is 1.80 bits per heavy atom. The van der Waals surface area contributed by atoms with E-state index in [0.29, 0.717) is 0 Å². The Hall–Kier alpha value is -2.89. The fourth-order valence-electron chi connectivity index (χ4n) is 4.79. The van der Waals surface area contributed by atoms with Crippen molar-refractivity contribution >= 4 is 72.5 Å². The Labute approximate surface area is 265 Å². The number of aliphatic hydroxyl groups excluding tert-OH is 2. The molecule has 46 heavy (non-hydrogen) atoms. The van der Waals surface area contributed by atoms with Crippen molar-refractivity contribution in [3.63, 3.8) is 0 Å². The first-order valence-electron chi connectivity index (χ1n) is 12.6. The van der Waals surface area contributed by atoms with Crippen LogP contribution in [0.2, 0.25) is 0 Å². The summed E-state index contributed by atoms with van der Waals surface area (Å²) in [4.78, 5) is 44.7. The Bertz CT molecular complexity index is 1850. The summed E-state index contributed by atoms with van der Waals surface area (Å²) in [5, 5.41) is 20.0. The fourth-order valence-corrected chi connectivity index (χ4v) is 6.18. The number of ether oxygens (including phenoxy) is 2. The molecule has 8 atom stereocenters. The minimum Gasteiger partial charge on any atom is -0.393 e. The number of anilines is 2. The summed E-state index contributed by atoms with van der Waals surface area (Å²) >= 11 is 8.15. The molecule has 0 radical (unpaired) electrons. The van der Waals surface area contributed by atoms with Crippen LogP contribution in [0.1, 0.15) is 12.5 Å². The molecule has 26 heteroatoms. The van der Waals surface area contributed by atoms with Crippen molar-refractivity contribution < 1.29 is 51.4 Å². The zero-order valence-electron chi connectivity index (χ0n) is 22.6. The van der Waals surface area contributed by atoms with E-state index in [1.165, 1.54) is 10.9 Å². The normalized spacial score (nSPS) is 28.8. The maximum Gasteiger partial charge on any atom is 0.325 e. The zero-order chi connectivity index (χ0) is 33.6. The van der Waals surface area contributed by atoms with Crippen molar-refractivity contribution in [2.45, 2.75) is 49.0 Å². The molecular weight excluding hydrogens is 707 g/mol. The quantitative estimate of drug-likeness (QED) is 0.0927. The van der Waals surface area contributed by atoms with Gasteiger partial charge in [-0.05, 0) is 11.8 Å². The van der Waals surface area contributed by atoms with Crippen molar-refractivity contribution in [3.8, 4) is 0 Å². The zero-order valence-corrected chi connectivity index (χ0v) is 26.1. The van der Waals surface area contributed by atoms with Gasteiger partial charge in [0.2, 0.25) is 13.6 Å². The molecule has 2 aliphatic heterocycles. The summed E-state index contributed by atoms with van der Waals surface area (Å²) in [6, 6.07) is 0. The number of imidazole rings is 2. The summed E-state index contributed by atoms with van der Waals surface area (Å²) in [6.07, 6.45) is -9.88. The monoisotopic (exact) mass is 730 g/mol. The van der Waals surface area contributed by atoms with Crippen LogP contribution in [0.3, 0.4) is 0 Å². The number of hydrogen-bond donors (Lipinski definition) is 7. The number of thiol groups is 1. The second-order valence-corrected chi connectivity index (χ2v) is 13.0. The third-order valence-corrected chi connectivity index (χ3v) is 8.41. The molecule has 0 aliphatic carbocycles. The van der Waals surface area contributed by atoms with Gasteiger partial charge in [0.15, 0.2) is 47.4 Å². The SMILES string of the molecule is Nc1nc2c(ncn2[C@@H]2O[C@H](CO)C(F)(F)[C@H]2OP(O)(=S)OC[C@H]2O[C@@H](n3cnc4c(N)ncnc43)[C@@H](F)[C@@H]2O)c(=O)[nH]1.O=PS. The number of aromatic nitrogens is 8. The largest absolute Gasteiger partial charge is 0.393 e. The van der Waals surface area contributed by atoms with Crippen molar-refractivity contribution in [3.05, 3.63) is 29.3 Å². The van der Waals surface area contributed by atoms with Gasteiger partial charge < -0.3 is 40.6 Å². The molecule has 2 fully saturated rings.